The highest BCUT2D eigenvalue weighted by atomic mass is 16.5. The van der Waals surface area contributed by atoms with Crippen LogP contribution in [0.4, 0.5) is 0 Å². The number of phenolic OH excluding ortho intramolecular Hbond substituents is 2. The molecule has 1 aromatic carbocycles. The lowest BCUT2D eigenvalue weighted by molar-refractivity contribution is 0.238. The van der Waals surface area contributed by atoms with Crippen molar-refractivity contribution in [2.45, 2.75) is 6.42 Å². The summed E-state index contributed by atoms with van der Waals surface area (Å²) in [5, 5.41) is 28.3. The predicted molar refractivity (Wildman–Crippen MR) is 72.7 cm³/mol. The Morgan fingerprint density at radius 3 is 2.47 bits per heavy atom. The molecule has 4 heteroatoms. The van der Waals surface area contributed by atoms with Crippen molar-refractivity contribution in [1.29, 1.82) is 0 Å². The number of rotatable bonds is 3. The third kappa shape index (κ3) is 3.31. The quantitative estimate of drug-likeness (QED) is 0.781. The van der Waals surface area contributed by atoms with Crippen LogP contribution in [-0.4, -0.2) is 22.4 Å². The van der Waals surface area contributed by atoms with E-state index in [1.165, 1.54) is 13.2 Å². The Hall–Kier alpha value is -2.36. The van der Waals surface area contributed by atoms with Gasteiger partial charge in [0.25, 0.3) is 0 Å². The summed E-state index contributed by atoms with van der Waals surface area (Å²) in [4.78, 5) is 0. The number of aliphatic hydroxyl groups is 1. The Morgan fingerprint density at radius 2 is 1.84 bits per heavy atom. The molecule has 0 bridgehead atoms. The fourth-order valence-corrected chi connectivity index (χ4v) is 1.96. The monoisotopic (exact) mass is 260 g/mol. The van der Waals surface area contributed by atoms with E-state index in [4.69, 9.17) is 4.74 Å². The van der Waals surface area contributed by atoms with Crippen molar-refractivity contribution in [3.63, 3.8) is 0 Å². The van der Waals surface area contributed by atoms with Gasteiger partial charge in [-0.2, -0.15) is 0 Å². The molecule has 0 spiro atoms. The number of ether oxygens (including phenoxy) is 1. The van der Waals surface area contributed by atoms with Gasteiger partial charge in [0.15, 0.2) is 5.76 Å². The molecule has 1 atom stereocenters. The van der Waals surface area contributed by atoms with Gasteiger partial charge in [-0.1, -0.05) is 18.2 Å². The van der Waals surface area contributed by atoms with Gasteiger partial charge in [-0.25, -0.2) is 0 Å². The summed E-state index contributed by atoms with van der Waals surface area (Å²) in [6, 6.07) is 4.41. The topological polar surface area (TPSA) is 69.9 Å². The Balaban J connectivity index is 2.10. The molecule has 1 unspecified atom stereocenters. The van der Waals surface area contributed by atoms with Crippen molar-refractivity contribution in [3.8, 4) is 11.5 Å². The average molecular weight is 260 g/mol. The summed E-state index contributed by atoms with van der Waals surface area (Å²) in [7, 11) is 1.53. The molecule has 0 saturated carbocycles. The molecule has 2 rings (SSSR count). The molecule has 0 amide bonds. The molecule has 1 aliphatic carbocycles. The summed E-state index contributed by atoms with van der Waals surface area (Å²) in [6.07, 6.45) is 7.80. The van der Waals surface area contributed by atoms with Gasteiger partial charge in [-0.3, -0.25) is 0 Å². The van der Waals surface area contributed by atoms with Gasteiger partial charge in [0.2, 0.25) is 0 Å². The summed E-state index contributed by atoms with van der Waals surface area (Å²) in [5.41, 5.74) is 0.712. The molecule has 0 aliphatic heterocycles. The van der Waals surface area contributed by atoms with Crippen molar-refractivity contribution < 1.29 is 20.1 Å². The maximum atomic E-state index is 9.52. The van der Waals surface area contributed by atoms with Gasteiger partial charge in [0.05, 0.1) is 7.11 Å². The molecule has 0 fully saturated rings. The van der Waals surface area contributed by atoms with Gasteiger partial charge in [-0.15, -0.1) is 0 Å². The van der Waals surface area contributed by atoms with Crippen LogP contribution in [0.2, 0.25) is 0 Å². The third-order valence-corrected chi connectivity index (χ3v) is 2.92. The molecule has 1 aliphatic rings. The van der Waals surface area contributed by atoms with Crippen LogP contribution in [0.25, 0.3) is 6.08 Å². The third-order valence-electron chi connectivity index (χ3n) is 2.92. The van der Waals surface area contributed by atoms with E-state index < -0.39 is 0 Å². The largest absolute Gasteiger partial charge is 0.508 e. The molecule has 0 saturated heterocycles. The SMILES string of the molecule is COC1=C(O)C=CC(C=Cc2cc(O)cc(O)c2)C1. The Labute approximate surface area is 111 Å². The van der Waals surface area contributed by atoms with Crippen LogP contribution in [0.15, 0.2) is 47.9 Å². The Bertz CT molecular complexity index is 535. The number of aliphatic hydroxyl groups excluding tert-OH is 1. The van der Waals surface area contributed by atoms with E-state index in [2.05, 4.69) is 0 Å². The molecule has 0 aromatic heterocycles. The van der Waals surface area contributed by atoms with Crippen molar-refractivity contribution in [1.82, 2.24) is 0 Å². The van der Waals surface area contributed by atoms with Crippen LogP contribution in [0.5, 0.6) is 11.5 Å². The molecule has 100 valence electrons. The first-order valence-corrected chi connectivity index (χ1v) is 5.94. The number of allylic oxidation sites excluding steroid dienone is 4. The molecule has 4 nitrogen and oxygen atoms in total. The van der Waals surface area contributed by atoms with Gasteiger partial charge in [0, 0.05) is 18.4 Å². The lowest BCUT2D eigenvalue weighted by Gasteiger charge is -2.16. The lowest BCUT2D eigenvalue weighted by atomic mass is 9.97. The van der Waals surface area contributed by atoms with E-state index in [1.807, 2.05) is 18.2 Å². The minimum atomic E-state index is 0.0222. The minimum Gasteiger partial charge on any atom is -0.508 e. The van der Waals surface area contributed by atoms with E-state index >= 15 is 0 Å². The summed E-state index contributed by atoms with van der Waals surface area (Å²) < 4.78 is 5.09. The number of benzene rings is 1. The molecular formula is C15H16O4. The summed E-state index contributed by atoms with van der Waals surface area (Å²) >= 11 is 0. The maximum Gasteiger partial charge on any atom is 0.152 e. The molecule has 19 heavy (non-hydrogen) atoms. The van der Waals surface area contributed by atoms with Crippen molar-refractivity contribution in [2.75, 3.05) is 7.11 Å². The van der Waals surface area contributed by atoms with E-state index in [0.717, 1.165) is 0 Å². The molecule has 0 radical (unpaired) electrons. The van der Waals surface area contributed by atoms with E-state index in [0.29, 0.717) is 17.7 Å². The highest BCUT2D eigenvalue weighted by Gasteiger charge is 2.14. The van der Waals surface area contributed by atoms with E-state index in [-0.39, 0.29) is 23.2 Å². The van der Waals surface area contributed by atoms with Gasteiger partial charge in [0.1, 0.15) is 17.3 Å². The molecule has 1 aromatic rings. The standard InChI is InChI=1S/C15H16O4/c1-19-15-8-10(4-5-14(15)18)2-3-11-6-12(16)9-13(17)7-11/h2-7,9-10,16-18H,8H2,1H3. The zero-order valence-corrected chi connectivity index (χ0v) is 10.6. The summed E-state index contributed by atoms with van der Waals surface area (Å²) in [6.45, 7) is 0. The van der Waals surface area contributed by atoms with Crippen LogP contribution >= 0.6 is 0 Å². The van der Waals surface area contributed by atoms with Gasteiger partial charge >= 0.3 is 0 Å². The molecule has 3 N–H and O–H groups in total. The molecular weight excluding hydrogens is 244 g/mol. The van der Waals surface area contributed by atoms with Crippen LogP contribution < -0.4 is 0 Å². The number of hydrogen-bond acceptors (Lipinski definition) is 4. The first kappa shape index (κ1) is 13.1. The highest BCUT2D eigenvalue weighted by Crippen LogP contribution is 2.26. The van der Waals surface area contributed by atoms with Crippen LogP contribution in [0.1, 0.15) is 12.0 Å². The molecule has 0 heterocycles. The minimum absolute atomic E-state index is 0.0222. The van der Waals surface area contributed by atoms with Crippen molar-refractivity contribution in [2.24, 2.45) is 5.92 Å². The van der Waals surface area contributed by atoms with Crippen LogP contribution in [0.3, 0.4) is 0 Å². The van der Waals surface area contributed by atoms with Gasteiger partial charge < -0.3 is 20.1 Å². The Morgan fingerprint density at radius 1 is 1.16 bits per heavy atom. The first-order chi connectivity index (χ1) is 9.08. The predicted octanol–water partition coefficient (Wildman–Crippen LogP) is 3.10. The van der Waals surface area contributed by atoms with Crippen molar-refractivity contribution in [3.05, 3.63) is 53.5 Å². The lowest BCUT2D eigenvalue weighted by Crippen LogP contribution is -2.04. The number of phenols is 2. The summed E-state index contributed by atoms with van der Waals surface area (Å²) in [5.74, 6) is 0.858. The van der Waals surface area contributed by atoms with Crippen LogP contribution in [-0.2, 0) is 4.74 Å². The number of hydrogen-bond donors (Lipinski definition) is 3. The van der Waals surface area contributed by atoms with Crippen LogP contribution in [0, 0.1) is 5.92 Å². The zero-order valence-electron chi connectivity index (χ0n) is 10.6. The van der Waals surface area contributed by atoms with E-state index in [9.17, 15) is 15.3 Å². The number of methoxy groups -OCH3 is 1. The smallest absolute Gasteiger partial charge is 0.152 e. The second kappa shape index (κ2) is 5.52. The fraction of sp³-hybridized carbons (Fsp3) is 0.200. The maximum absolute atomic E-state index is 9.52. The fourth-order valence-electron chi connectivity index (χ4n) is 1.96. The Kier molecular flexibility index (Phi) is 3.80. The van der Waals surface area contributed by atoms with Crippen molar-refractivity contribution >= 4 is 6.08 Å². The van der Waals surface area contributed by atoms with Gasteiger partial charge in [-0.05, 0) is 23.8 Å². The number of aromatic hydroxyl groups is 2. The zero-order chi connectivity index (χ0) is 13.8. The highest BCUT2D eigenvalue weighted by molar-refractivity contribution is 5.55. The second-order valence-electron chi connectivity index (χ2n) is 4.38. The second-order valence-corrected chi connectivity index (χ2v) is 4.38. The first-order valence-electron chi connectivity index (χ1n) is 5.94. The average Bonchev–Trinajstić information content (AvgIpc) is 2.36. The van der Waals surface area contributed by atoms with E-state index in [1.54, 1.807) is 18.2 Å². The normalized spacial score (nSPS) is 19.1.